The Balaban J connectivity index is 2.15. The molecule has 1 N–H and O–H groups in total. The second kappa shape index (κ2) is 5.86. The Morgan fingerprint density at radius 1 is 1.50 bits per heavy atom. The highest BCUT2D eigenvalue weighted by atomic mass is 16.5. The van der Waals surface area contributed by atoms with E-state index in [9.17, 15) is 4.79 Å². The van der Waals surface area contributed by atoms with E-state index >= 15 is 0 Å². The summed E-state index contributed by atoms with van der Waals surface area (Å²) in [6.45, 7) is 2.60. The molecule has 1 aliphatic rings. The molecule has 1 rings (SSSR count). The molecule has 1 aliphatic heterocycles. The number of carbonyl (C=O) groups excluding carboxylic acids is 1. The topological polar surface area (TPSA) is 41.6 Å². The van der Waals surface area contributed by atoms with Gasteiger partial charge < -0.3 is 15.0 Å². The van der Waals surface area contributed by atoms with Crippen molar-refractivity contribution in [3.05, 3.63) is 0 Å². The first kappa shape index (κ1) is 11.3. The summed E-state index contributed by atoms with van der Waals surface area (Å²) in [5.74, 6) is 0.732. The fraction of sp³-hybridized carbons (Fsp3) is 0.900. The van der Waals surface area contributed by atoms with Gasteiger partial charge in [-0.2, -0.15) is 0 Å². The van der Waals surface area contributed by atoms with Gasteiger partial charge in [-0.05, 0) is 25.2 Å². The summed E-state index contributed by atoms with van der Waals surface area (Å²) < 4.78 is 5.28. The number of amides is 2. The minimum atomic E-state index is -0.00272. The van der Waals surface area contributed by atoms with Crippen molar-refractivity contribution < 1.29 is 9.53 Å². The Kier molecular flexibility index (Phi) is 4.73. The van der Waals surface area contributed by atoms with Crippen molar-refractivity contribution in [2.24, 2.45) is 5.92 Å². The van der Waals surface area contributed by atoms with Crippen LogP contribution in [0.5, 0.6) is 0 Å². The van der Waals surface area contributed by atoms with Crippen LogP contribution in [-0.4, -0.2) is 44.8 Å². The van der Waals surface area contributed by atoms with Crippen molar-refractivity contribution in [3.63, 3.8) is 0 Å². The summed E-state index contributed by atoms with van der Waals surface area (Å²) in [4.78, 5) is 12.9. The fourth-order valence-electron chi connectivity index (χ4n) is 1.70. The lowest BCUT2D eigenvalue weighted by Crippen LogP contribution is -2.36. The largest absolute Gasteiger partial charge is 0.381 e. The summed E-state index contributed by atoms with van der Waals surface area (Å²) in [5, 5.41) is 2.61. The molecule has 0 radical (unpaired) electrons. The number of nitrogens with one attached hydrogen (secondary N) is 1. The molecular formula is C10H20N2O2. The van der Waals surface area contributed by atoms with Gasteiger partial charge in [0.25, 0.3) is 0 Å². The SMILES string of the molecule is CNC(=O)N(C)CCC1CCOCC1. The van der Waals surface area contributed by atoms with Gasteiger partial charge in [0.15, 0.2) is 0 Å². The van der Waals surface area contributed by atoms with Crippen LogP contribution in [0.15, 0.2) is 0 Å². The summed E-state index contributed by atoms with van der Waals surface area (Å²) in [6, 6.07) is -0.00272. The molecule has 0 unspecified atom stereocenters. The molecule has 0 spiro atoms. The molecule has 0 bridgehead atoms. The molecule has 0 saturated carbocycles. The highest BCUT2D eigenvalue weighted by Crippen LogP contribution is 2.18. The lowest BCUT2D eigenvalue weighted by atomic mass is 9.96. The van der Waals surface area contributed by atoms with Gasteiger partial charge in [0, 0.05) is 33.9 Å². The van der Waals surface area contributed by atoms with Gasteiger partial charge in [-0.25, -0.2) is 4.79 Å². The average Bonchev–Trinajstić information content (AvgIpc) is 2.26. The van der Waals surface area contributed by atoms with E-state index in [1.807, 2.05) is 7.05 Å². The standard InChI is InChI=1S/C10H20N2O2/c1-11-10(13)12(2)6-3-9-4-7-14-8-5-9/h9H,3-8H2,1-2H3,(H,11,13). The minimum Gasteiger partial charge on any atom is -0.381 e. The number of nitrogens with zero attached hydrogens (tertiary/aromatic N) is 1. The number of rotatable bonds is 3. The second-order valence-corrected chi connectivity index (χ2v) is 3.82. The lowest BCUT2D eigenvalue weighted by molar-refractivity contribution is 0.0619. The van der Waals surface area contributed by atoms with E-state index in [0.717, 1.165) is 44.9 Å². The van der Waals surface area contributed by atoms with Gasteiger partial charge in [-0.3, -0.25) is 0 Å². The maximum Gasteiger partial charge on any atom is 0.316 e. The van der Waals surface area contributed by atoms with Crippen molar-refractivity contribution in [1.29, 1.82) is 0 Å². The summed E-state index contributed by atoms with van der Waals surface area (Å²) in [5.41, 5.74) is 0. The smallest absolute Gasteiger partial charge is 0.316 e. The van der Waals surface area contributed by atoms with Crippen LogP contribution in [0.1, 0.15) is 19.3 Å². The third kappa shape index (κ3) is 3.54. The molecule has 0 atom stereocenters. The average molecular weight is 200 g/mol. The monoisotopic (exact) mass is 200 g/mol. The van der Waals surface area contributed by atoms with Crippen LogP contribution in [0, 0.1) is 5.92 Å². The Hall–Kier alpha value is -0.770. The maximum absolute atomic E-state index is 11.2. The van der Waals surface area contributed by atoms with Gasteiger partial charge in [-0.1, -0.05) is 0 Å². The Morgan fingerprint density at radius 3 is 2.71 bits per heavy atom. The van der Waals surface area contributed by atoms with E-state index in [2.05, 4.69) is 5.32 Å². The summed E-state index contributed by atoms with van der Waals surface area (Å²) in [6.07, 6.45) is 3.37. The van der Waals surface area contributed by atoms with Gasteiger partial charge in [0.2, 0.25) is 0 Å². The lowest BCUT2D eigenvalue weighted by Gasteiger charge is -2.24. The summed E-state index contributed by atoms with van der Waals surface area (Å²) in [7, 11) is 3.49. The third-order valence-corrected chi connectivity index (χ3v) is 2.77. The maximum atomic E-state index is 11.2. The fourth-order valence-corrected chi connectivity index (χ4v) is 1.70. The zero-order valence-corrected chi connectivity index (χ0v) is 9.08. The van der Waals surface area contributed by atoms with Gasteiger partial charge in [-0.15, -0.1) is 0 Å². The second-order valence-electron chi connectivity index (χ2n) is 3.82. The Morgan fingerprint density at radius 2 is 2.14 bits per heavy atom. The number of hydrogen-bond acceptors (Lipinski definition) is 2. The van der Waals surface area contributed by atoms with E-state index in [4.69, 9.17) is 4.74 Å². The van der Waals surface area contributed by atoms with Crippen LogP contribution in [0.2, 0.25) is 0 Å². The number of urea groups is 1. The molecule has 1 heterocycles. The molecule has 4 nitrogen and oxygen atoms in total. The molecule has 14 heavy (non-hydrogen) atoms. The van der Waals surface area contributed by atoms with E-state index in [1.54, 1.807) is 11.9 Å². The van der Waals surface area contributed by atoms with Crippen LogP contribution in [-0.2, 0) is 4.74 Å². The normalized spacial score (nSPS) is 17.9. The van der Waals surface area contributed by atoms with Crippen LogP contribution in [0.3, 0.4) is 0 Å². The van der Waals surface area contributed by atoms with Crippen LogP contribution in [0.25, 0.3) is 0 Å². The van der Waals surface area contributed by atoms with Crippen LogP contribution in [0.4, 0.5) is 4.79 Å². The van der Waals surface area contributed by atoms with E-state index in [1.165, 1.54) is 0 Å². The van der Waals surface area contributed by atoms with E-state index in [-0.39, 0.29) is 6.03 Å². The molecule has 1 fully saturated rings. The highest BCUT2D eigenvalue weighted by molar-refractivity contribution is 5.73. The van der Waals surface area contributed by atoms with Gasteiger partial charge in [0.05, 0.1) is 0 Å². The number of carbonyl (C=O) groups is 1. The van der Waals surface area contributed by atoms with Crippen molar-refractivity contribution in [3.8, 4) is 0 Å². The van der Waals surface area contributed by atoms with Crippen LogP contribution >= 0.6 is 0 Å². The van der Waals surface area contributed by atoms with E-state index < -0.39 is 0 Å². The van der Waals surface area contributed by atoms with Crippen molar-refractivity contribution >= 4 is 6.03 Å². The van der Waals surface area contributed by atoms with Gasteiger partial charge in [0.1, 0.15) is 0 Å². The molecule has 4 heteroatoms. The quantitative estimate of drug-likeness (QED) is 0.740. The molecule has 82 valence electrons. The zero-order chi connectivity index (χ0) is 10.4. The number of ether oxygens (including phenoxy) is 1. The molecule has 0 aliphatic carbocycles. The molecule has 1 saturated heterocycles. The molecule has 0 aromatic rings. The zero-order valence-electron chi connectivity index (χ0n) is 9.08. The van der Waals surface area contributed by atoms with E-state index in [0.29, 0.717) is 0 Å². The molecule has 0 aromatic heterocycles. The first-order chi connectivity index (χ1) is 6.74. The predicted octanol–water partition coefficient (Wildman–Crippen LogP) is 1.07. The molecule has 0 aromatic carbocycles. The molecular weight excluding hydrogens is 180 g/mol. The van der Waals surface area contributed by atoms with Crippen molar-refractivity contribution in [1.82, 2.24) is 10.2 Å². The Labute approximate surface area is 85.6 Å². The van der Waals surface area contributed by atoms with Gasteiger partial charge >= 0.3 is 6.03 Å². The predicted molar refractivity (Wildman–Crippen MR) is 55.2 cm³/mol. The third-order valence-electron chi connectivity index (χ3n) is 2.77. The first-order valence-electron chi connectivity index (χ1n) is 5.24. The molecule has 2 amide bonds. The number of hydrogen-bond donors (Lipinski definition) is 1. The summed E-state index contributed by atoms with van der Waals surface area (Å²) >= 11 is 0. The first-order valence-corrected chi connectivity index (χ1v) is 5.24. The highest BCUT2D eigenvalue weighted by Gasteiger charge is 2.15. The minimum absolute atomic E-state index is 0.00272. The van der Waals surface area contributed by atoms with Crippen LogP contribution < -0.4 is 5.32 Å². The van der Waals surface area contributed by atoms with Crippen molar-refractivity contribution in [2.45, 2.75) is 19.3 Å². The van der Waals surface area contributed by atoms with Crippen molar-refractivity contribution in [2.75, 3.05) is 33.9 Å². The Bertz CT molecular complexity index is 179.